The fourth-order valence-electron chi connectivity index (χ4n) is 2.40. The Morgan fingerprint density at radius 1 is 1.04 bits per heavy atom. The molecule has 3 aromatic rings. The van der Waals surface area contributed by atoms with Gasteiger partial charge in [-0.1, -0.05) is 54.2 Å². The minimum absolute atomic E-state index is 0.222. The zero-order chi connectivity index (χ0) is 19.2. The van der Waals surface area contributed by atoms with Crippen LogP contribution in [0.4, 0.5) is 16.0 Å². The SMILES string of the molecule is Nc1cc(N)nc(S[C@H](C(=O)NCc2ccc(F)cc2)c2ccccc2)n1. The van der Waals surface area contributed by atoms with Crippen LogP contribution in [0.3, 0.4) is 0 Å². The lowest BCUT2D eigenvalue weighted by Gasteiger charge is -2.16. The highest BCUT2D eigenvalue weighted by atomic mass is 32.2. The molecule has 1 heterocycles. The molecule has 27 heavy (non-hydrogen) atoms. The van der Waals surface area contributed by atoms with E-state index in [1.807, 2.05) is 30.3 Å². The first-order valence-corrected chi connectivity index (χ1v) is 9.03. The number of nitrogens with two attached hydrogens (primary N) is 2. The minimum Gasteiger partial charge on any atom is -0.383 e. The van der Waals surface area contributed by atoms with Gasteiger partial charge in [0.05, 0.1) is 0 Å². The number of carbonyl (C=O) groups is 1. The molecule has 5 N–H and O–H groups in total. The molecule has 1 amide bonds. The van der Waals surface area contributed by atoms with E-state index >= 15 is 0 Å². The van der Waals surface area contributed by atoms with Crippen molar-refractivity contribution in [1.29, 1.82) is 0 Å². The predicted octanol–water partition coefficient (Wildman–Crippen LogP) is 2.93. The monoisotopic (exact) mass is 383 g/mol. The predicted molar refractivity (Wildman–Crippen MR) is 104 cm³/mol. The van der Waals surface area contributed by atoms with Crippen molar-refractivity contribution in [3.05, 3.63) is 77.6 Å². The van der Waals surface area contributed by atoms with E-state index in [-0.39, 0.29) is 29.9 Å². The highest BCUT2D eigenvalue weighted by Crippen LogP contribution is 2.34. The maximum absolute atomic E-state index is 13.0. The second kappa shape index (κ2) is 8.50. The summed E-state index contributed by atoms with van der Waals surface area (Å²) in [6, 6.07) is 16.7. The first-order valence-electron chi connectivity index (χ1n) is 8.15. The van der Waals surface area contributed by atoms with Gasteiger partial charge in [-0.25, -0.2) is 14.4 Å². The molecule has 1 aromatic heterocycles. The summed E-state index contributed by atoms with van der Waals surface area (Å²) < 4.78 is 13.0. The molecule has 0 aliphatic heterocycles. The van der Waals surface area contributed by atoms with Gasteiger partial charge in [-0.05, 0) is 23.3 Å². The summed E-state index contributed by atoms with van der Waals surface area (Å²) in [6.45, 7) is 0.281. The van der Waals surface area contributed by atoms with E-state index in [1.54, 1.807) is 12.1 Å². The molecule has 0 spiro atoms. The van der Waals surface area contributed by atoms with Crippen LogP contribution in [-0.4, -0.2) is 15.9 Å². The van der Waals surface area contributed by atoms with Crippen molar-refractivity contribution in [3.8, 4) is 0 Å². The van der Waals surface area contributed by atoms with Gasteiger partial charge in [-0.2, -0.15) is 0 Å². The number of rotatable bonds is 6. The third-order valence-corrected chi connectivity index (χ3v) is 4.80. The molecule has 0 saturated carbocycles. The molecular weight excluding hydrogens is 365 g/mol. The first-order chi connectivity index (χ1) is 13.0. The number of anilines is 2. The minimum atomic E-state index is -0.590. The number of aromatic nitrogens is 2. The van der Waals surface area contributed by atoms with Crippen molar-refractivity contribution in [3.63, 3.8) is 0 Å². The molecule has 0 radical (unpaired) electrons. The van der Waals surface area contributed by atoms with Gasteiger partial charge in [0, 0.05) is 12.6 Å². The smallest absolute Gasteiger partial charge is 0.238 e. The molecule has 0 bridgehead atoms. The Morgan fingerprint density at radius 3 is 2.30 bits per heavy atom. The van der Waals surface area contributed by atoms with Gasteiger partial charge in [0.15, 0.2) is 5.16 Å². The lowest BCUT2D eigenvalue weighted by Crippen LogP contribution is -2.27. The number of thioether (sulfide) groups is 1. The number of carbonyl (C=O) groups excluding carboxylic acids is 1. The van der Waals surface area contributed by atoms with E-state index in [0.717, 1.165) is 22.9 Å². The molecule has 0 aliphatic carbocycles. The van der Waals surface area contributed by atoms with Crippen LogP contribution in [0.5, 0.6) is 0 Å². The average Bonchev–Trinajstić information content (AvgIpc) is 2.65. The highest BCUT2D eigenvalue weighted by molar-refractivity contribution is 8.00. The summed E-state index contributed by atoms with van der Waals surface area (Å²) in [7, 11) is 0. The normalized spacial score (nSPS) is 11.7. The number of halogens is 1. The van der Waals surface area contributed by atoms with E-state index in [1.165, 1.54) is 18.2 Å². The second-order valence-corrected chi connectivity index (χ2v) is 6.83. The zero-order valence-corrected chi connectivity index (χ0v) is 15.1. The van der Waals surface area contributed by atoms with Crippen molar-refractivity contribution >= 4 is 29.3 Å². The lowest BCUT2D eigenvalue weighted by atomic mass is 10.1. The van der Waals surface area contributed by atoms with Crippen LogP contribution < -0.4 is 16.8 Å². The van der Waals surface area contributed by atoms with Gasteiger partial charge in [0.1, 0.15) is 22.7 Å². The maximum atomic E-state index is 13.0. The number of amides is 1. The number of nitrogens with one attached hydrogen (secondary N) is 1. The number of nitrogens with zero attached hydrogens (tertiary/aromatic N) is 2. The Hall–Kier alpha value is -3.13. The van der Waals surface area contributed by atoms with E-state index in [9.17, 15) is 9.18 Å². The van der Waals surface area contributed by atoms with Crippen LogP contribution >= 0.6 is 11.8 Å². The van der Waals surface area contributed by atoms with Crippen molar-refractivity contribution < 1.29 is 9.18 Å². The highest BCUT2D eigenvalue weighted by Gasteiger charge is 2.23. The molecule has 0 aliphatic rings. The summed E-state index contributed by atoms with van der Waals surface area (Å²) in [5, 5.41) is 2.59. The Balaban J connectivity index is 1.78. The lowest BCUT2D eigenvalue weighted by molar-refractivity contribution is -0.120. The molecule has 6 nitrogen and oxygen atoms in total. The van der Waals surface area contributed by atoms with Gasteiger partial charge in [0.2, 0.25) is 5.91 Å². The van der Waals surface area contributed by atoms with Crippen LogP contribution in [-0.2, 0) is 11.3 Å². The van der Waals surface area contributed by atoms with E-state index in [0.29, 0.717) is 5.16 Å². The Labute approximate surface area is 160 Å². The molecule has 0 unspecified atom stereocenters. The molecule has 8 heteroatoms. The van der Waals surface area contributed by atoms with Gasteiger partial charge in [-0.15, -0.1) is 0 Å². The van der Waals surface area contributed by atoms with Gasteiger partial charge < -0.3 is 16.8 Å². The summed E-state index contributed by atoms with van der Waals surface area (Å²) in [5.74, 6) is -0.0635. The first kappa shape index (κ1) is 18.7. The van der Waals surface area contributed by atoms with Crippen LogP contribution in [0.25, 0.3) is 0 Å². The van der Waals surface area contributed by atoms with Gasteiger partial charge >= 0.3 is 0 Å². The summed E-state index contributed by atoms with van der Waals surface area (Å²) in [4.78, 5) is 21.1. The van der Waals surface area contributed by atoms with E-state index < -0.39 is 5.25 Å². The molecular formula is C19H18FN5OS. The van der Waals surface area contributed by atoms with Crippen molar-refractivity contribution in [2.24, 2.45) is 0 Å². The molecule has 1 atom stereocenters. The number of hydrogen-bond acceptors (Lipinski definition) is 6. The van der Waals surface area contributed by atoms with E-state index in [2.05, 4.69) is 15.3 Å². The molecule has 138 valence electrons. The fraction of sp³-hybridized carbons (Fsp3) is 0.105. The summed E-state index contributed by atoms with van der Waals surface area (Å²) in [5.41, 5.74) is 13.0. The third kappa shape index (κ3) is 5.18. The Bertz CT molecular complexity index is 901. The molecule has 2 aromatic carbocycles. The second-order valence-electron chi connectivity index (χ2n) is 5.75. The maximum Gasteiger partial charge on any atom is 0.238 e. The van der Waals surface area contributed by atoms with E-state index in [4.69, 9.17) is 11.5 Å². The van der Waals surface area contributed by atoms with Gasteiger partial charge in [0.25, 0.3) is 0 Å². The fourth-order valence-corrected chi connectivity index (χ4v) is 3.42. The molecule has 0 saturated heterocycles. The van der Waals surface area contributed by atoms with Crippen LogP contribution in [0.1, 0.15) is 16.4 Å². The number of hydrogen-bond donors (Lipinski definition) is 3. The summed E-state index contributed by atoms with van der Waals surface area (Å²) >= 11 is 1.16. The number of nitrogen functional groups attached to an aromatic ring is 2. The van der Waals surface area contributed by atoms with Crippen LogP contribution in [0, 0.1) is 5.82 Å². The molecule has 3 rings (SSSR count). The van der Waals surface area contributed by atoms with Crippen molar-refractivity contribution in [2.75, 3.05) is 11.5 Å². The largest absolute Gasteiger partial charge is 0.383 e. The zero-order valence-electron chi connectivity index (χ0n) is 14.3. The standard InChI is InChI=1S/C19H18FN5OS/c20-14-8-6-12(7-9-14)11-23-18(26)17(13-4-2-1-3-5-13)27-19-24-15(21)10-16(22)25-19/h1-10,17H,11H2,(H,23,26)(H4,21,22,24,25)/t17-/m0/s1. The quantitative estimate of drug-likeness (QED) is 0.446. The average molecular weight is 383 g/mol. The Morgan fingerprint density at radius 2 is 1.67 bits per heavy atom. The topological polar surface area (TPSA) is 107 Å². The van der Waals surface area contributed by atoms with Crippen LogP contribution in [0.15, 0.2) is 65.8 Å². The Kier molecular flexibility index (Phi) is 5.87. The summed E-state index contributed by atoms with van der Waals surface area (Å²) in [6.07, 6.45) is 0. The van der Waals surface area contributed by atoms with Crippen molar-refractivity contribution in [1.82, 2.24) is 15.3 Å². The van der Waals surface area contributed by atoms with Gasteiger partial charge in [-0.3, -0.25) is 4.79 Å². The van der Waals surface area contributed by atoms with Crippen molar-refractivity contribution in [2.45, 2.75) is 17.0 Å². The van der Waals surface area contributed by atoms with Crippen LogP contribution in [0.2, 0.25) is 0 Å². The molecule has 0 fully saturated rings. The third-order valence-electron chi connectivity index (χ3n) is 3.69. The number of benzene rings is 2.